The first-order valence-corrected chi connectivity index (χ1v) is 9.40. The van der Waals surface area contributed by atoms with Crippen LogP contribution in [0.3, 0.4) is 0 Å². The van der Waals surface area contributed by atoms with E-state index in [2.05, 4.69) is 0 Å². The zero-order chi connectivity index (χ0) is 14.2. The van der Waals surface area contributed by atoms with Gasteiger partial charge in [-0.05, 0) is 34.6 Å². The molecule has 0 saturated carbocycles. The van der Waals surface area contributed by atoms with Crippen molar-refractivity contribution in [2.75, 3.05) is 26.4 Å². The number of rotatable bonds is 10. The van der Waals surface area contributed by atoms with Crippen LogP contribution in [0.1, 0.15) is 34.6 Å². The van der Waals surface area contributed by atoms with Crippen molar-refractivity contribution in [3.63, 3.8) is 0 Å². The van der Waals surface area contributed by atoms with E-state index in [1.807, 2.05) is 0 Å². The Bertz CT molecular complexity index is 269. The lowest BCUT2D eigenvalue weighted by molar-refractivity contribution is 0.197. The van der Waals surface area contributed by atoms with Gasteiger partial charge in [-0.25, -0.2) is 0 Å². The molecule has 0 aromatic heterocycles. The predicted molar refractivity (Wildman–Crippen MR) is 71.2 cm³/mol. The summed E-state index contributed by atoms with van der Waals surface area (Å²) in [5.41, 5.74) is 0. The Morgan fingerprint density at radius 3 is 1.11 bits per heavy atom. The number of hydrogen-bond donors (Lipinski definition) is 0. The fourth-order valence-corrected chi connectivity index (χ4v) is 6.04. The van der Waals surface area contributed by atoms with E-state index in [9.17, 15) is 9.13 Å². The minimum Gasteiger partial charge on any atom is -0.308 e. The monoisotopic (exact) mass is 302 g/mol. The first-order chi connectivity index (χ1) is 8.40. The van der Waals surface area contributed by atoms with Crippen molar-refractivity contribution in [2.45, 2.75) is 40.0 Å². The molecule has 0 rings (SSSR count). The van der Waals surface area contributed by atoms with Gasteiger partial charge in [0.1, 0.15) is 0 Å². The molecule has 6 nitrogen and oxygen atoms in total. The summed E-state index contributed by atoms with van der Waals surface area (Å²) in [5, 5.41) is -0.940. The lowest BCUT2D eigenvalue weighted by Gasteiger charge is -2.28. The molecule has 0 amide bonds. The molecule has 0 radical (unpaired) electrons. The highest BCUT2D eigenvalue weighted by atomic mass is 31.2. The molecule has 0 aromatic rings. The molecule has 0 saturated heterocycles. The molecule has 0 aromatic carbocycles. The summed E-state index contributed by atoms with van der Waals surface area (Å²) in [5.74, 6) is 0. The van der Waals surface area contributed by atoms with Crippen molar-refractivity contribution < 1.29 is 27.2 Å². The second-order valence-corrected chi connectivity index (χ2v) is 8.53. The Labute approximate surface area is 109 Å². The van der Waals surface area contributed by atoms with Crippen LogP contribution in [0.5, 0.6) is 0 Å². The molecule has 0 spiro atoms. The Hall–Kier alpha value is 0.300. The largest absolute Gasteiger partial charge is 0.345 e. The normalized spacial score (nSPS) is 13.2. The third kappa shape index (κ3) is 4.76. The number of hydrogen-bond acceptors (Lipinski definition) is 6. The van der Waals surface area contributed by atoms with E-state index in [4.69, 9.17) is 18.1 Å². The fraction of sp³-hybridized carbons (Fsp3) is 1.00. The lowest BCUT2D eigenvalue weighted by Crippen LogP contribution is -2.14. The lowest BCUT2D eigenvalue weighted by atomic mass is 10.9. The van der Waals surface area contributed by atoms with Gasteiger partial charge in [0.2, 0.25) is 0 Å². The van der Waals surface area contributed by atoms with Crippen LogP contribution in [0.15, 0.2) is 0 Å². The van der Waals surface area contributed by atoms with Crippen LogP contribution < -0.4 is 0 Å². The van der Waals surface area contributed by atoms with Crippen LogP contribution >= 0.6 is 15.2 Å². The van der Waals surface area contributed by atoms with Crippen LogP contribution in [0.25, 0.3) is 0 Å². The molecular weight excluding hydrogens is 278 g/mol. The van der Waals surface area contributed by atoms with Gasteiger partial charge < -0.3 is 18.1 Å². The molecule has 0 atom stereocenters. The molecule has 0 aliphatic carbocycles. The molecule has 8 heteroatoms. The highest BCUT2D eigenvalue weighted by Gasteiger charge is 2.47. The topological polar surface area (TPSA) is 71.1 Å². The standard InChI is InChI=1S/C10H24O6P2/c1-6-13-17(11,14-7-2)10(5)18(12,15-8-3)16-9-4/h10H,6-9H2,1-5H3. The summed E-state index contributed by atoms with van der Waals surface area (Å²) in [4.78, 5) is 0. The van der Waals surface area contributed by atoms with Gasteiger partial charge in [0, 0.05) is 0 Å². The van der Waals surface area contributed by atoms with Crippen molar-refractivity contribution in [2.24, 2.45) is 0 Å². The van der Waals surface area contributed by atoms with Gasteiger partial charge in [0.05, 0.1) is 26.4 Å². The van der Waals surface area contributed by atoms with E-state index in [1.165, 1.54) is 6.92 Å². The van der Waals surface area contributed by atoms with Gasteiger partial charge in [0.25, 0.3) is 0 Å². The van der Waals surface area contributed by atoms with E-state index in [1.54, 1.807) is 27.7 Å². The summed E-state index contributed by atoms with van der Waals surface area (Å²) in [6, 6.07) is 0. The highest BCUT2D eigenvalue weighted by Crippen LogP contribution is 2.70. The Balaban J connectivity index is 5.18. The summed E-state index contributed by atoms with van der Waals surface area (Å²) in [6.45, 7) is 9.14. The second kappa shape index (κ2) is 8.47. The van der Waals surface area contributed by atoms with Crippen molar-refractivity contribution in [1.82, 2.24) is 0 Å². The first kappa shape index (κ1) is 18.3. The SMILES string of the molecule is CCOP(=O)(OCC)C(C)P(=O)(OCC)OCC. The summed E-state index contributed by atoms with van der Waals surface area (Å²) >= 11 is 0. The van der Waals surface area contributed by atoms with E-state index in [-0.39, 0.29) is 26.4 Å². The van der Waals surface area contributed by atoms with Gasteiger partial charge in [0.15, 0.2) is 5.40 Å². The molecule has 0 aliphatic rings. The minimum absolute atomic E-state index is 0.208. The second-order valence-electron chi connectivity index (χ2n) is 3.38. The van der Waals surface area contributed by atoms with Crippen molar-refractivity contribution in [3.8, 4) is 0 Å². The highest BCUT2D eigenvalue weighted by molar-refractivity contribution is 7.72. The summed E-state index contributed by atoms with van der Waals surface area (Å²) < 4.78 is 45.8. The van der Waals surface area contributed by atoms with Crippen molar-refractivity contribution in [3.05, 3.63) is 0 Å². The molecule has 0 N–H and O–H groups in total. The van der Waals surface area contributed by atoms with Crippen LogP contribution in [0.2, 0.25) is 0 Å². The van der Waals surface area contributed by atoms with Crippen LogP contribution in [0.4, 0.5) is 0 Å². The maximum atomic E-state index is 12.5. The van der Waals surface area contributed by atoms with Crippen LogP contribution in [-0.2, 0) is 27.2 Å². The molecule has 0 heterocycles. The third-order valence-corrected chi connectivity index (χ3v) is 8.15. The summed E-state index contributed by atoms with van der Waals surface area (Å²) in [6.07, 6.45) is 0. The molecule has 0 fully saturated rings. The fourth-order valence-electron chi connectivity index (χ4n) is 1.40. The quantitative estimate of drug-likeness (QED) is 0.570. The maximum Gasteiger partial charge on any atom is 0.345 e. The van der Waals surface area contributed by atoms with E-state index in [0.717, 1.165) is 0 Å². The van der Waals surface area contributed by atoms with E-state index < -0.39 is 20.6 Å². The Morgan fingerprint density at radius 1 is 0.722 bits per heavy atom. The van der Waals surface area contributed by atoms with Crippen molar-refractivity contribution >= 4 is 15.2 Å². The molecule has 18 heavy (non-hydrogen) atoms. The Kier molecular flexibility index (Phi) is 8.61. The molecule has 0 bridgehead atoms. The van der Waals surface area contributed by atoms with E-state index in [0.29, 0.717) is 0 Å². The molecule has 110 valence electrons. The van der Waals surface area contributed by atoms with Gasteiger partial charge in [-0.1, -0.05) is 0 Å². The van der Waals surface area contributed by atoms with Gasteiger partial charge in [-0.15, -0.1) is 0 Å². The zero-order valence-corrected chi connectivity index (χ0v) is 13.5. The average Bonchev–Trinajstić information content (AvgIpc) is 2.29. The smallest absolute Gasteiger partial charge is 0.308 e. The van der Waals surface area contributed by atoms with Crippen LogP contribution in [0, 0.1) is 0 Å². The van der Waals surface area contributed by atoms with Crippen molar-refractivity contribution in [1.29, 1.82) is 0 Å². The van der Waals surface area contributed by atoms with Gasteiger partial charge in [-0.3, -0.25) is 9.13 Å². The predicted octanol–water partition coefficient (Wildman–Crippen LogP) is 3.86. The van der Waals surface area contributed by atoms with Gasteiger partial charge >= 0.3 is 15.2 Å². The summed E-state index contributed by atoms with van der Waals surface area (Å²) in [7, 11) is -7.01. The molecule has 0 aliphatic heterocycles. The Morgan fingerprint density at radius 2 is 0.944 bits per heavy atom. The molecule has 0 unspecified atom stereocenters. The average molecular weight is 302 g/mol. The van der Waals surface area contributed by atoms with Gasteiger partial charge in [-0.2, -0.15) is 0 Å². The van der Waals surface area contributed by atoms with Crippen LogP contribution in [-0.4, -0.2) is 31.8 Å². The third-order valence-electron chi connectivity index (χ3n) is 2.15. The first-order valence-electron chi connectivity index (χ1n) is 6.17. The molecular formula is C10H24O6P2. The maximum absolute atomic E-state index is 12.5. The van der Waals surface area contributed by atoms with E-state index >= 15 is 0 Å². The zero-order valence-electron chi connectivity index (χ0n) is 11.7. The minimum atomic E-state index is -3.50.